The Morgan fingerprint density at radius 3 is 2.52 bits per heavy atom. The number of carbonyl (C=O) groups is 2. The van der Waals surface area contributed by atoms with Gasteiger partial charge in [-0.25, -0.2) is 4.79 Å². The van der Waals surface area contributed by atoms with E-state index in [1.807, 2.05) is 30.3 Å². The van der Waals surface area contributed by atoms with Crippen molar-refractivity contribution in [1.82, 2.24) is 10.6 Å². The molecule has 5 atom stereocenters. The molecule has 3 aliphatic carbocycles. The van der Waals surface area contributed by atoms with Gasteiger partial charge in [0, 0.05) is 0 Å². The Balaban J connectivity index is 1.43. The fourth-order valence-electron chi connectivity index (χ4n) is 5.88. The molecular weight excluding hydrogens is 419 g/mol. The van der Waals surface area contributed by atoms with E-state index in [0.717, 1.165) is 12.0 Å². The van der Waals surface area contributed by atoms with Crippen molar-refractivity contribution < 1.29 is 23.6 Å². The molecule has 1 aromatic carbocycles. The summed E-state index contributed by atoms with van der Waals surface area (Å²) in [5.74, 6) is 0.422. The first kappa shape index (κ1) is 24.1. The Morgan fingerprint density at radius 2 is 1.88 bits per heavy atom. The van der Waals surface area contributed by atoms with Crippen molar-refractivity contribution in [2.45, 2.75) is 84.1 Å². The minimum Gasteiger partial charge on any atom is -0.444 e. The molecule has 2 N–H and O–H groups in total. The molecule has 0 aromatic heterocycles. The third-order valence-electron chi connectivity index (χ3n) is 7.73. The highest BCUT2D eigenvalue weighted by Gasteiger charge is 2.68. The van der Waals surface area contributed by atoms with Crippen LogP contribution in [0.15, 0.2) is 30.3 Å². The van der Waals surface area contributed by atoms with Crippen LogP contribution >= 0.6 is 0 Å². The van der Waals surface area contributed by atoms with Crippen molar-refractivity contribution in [1.29, 1.82) is 0 Å². The summed E-state index contributed by atoms with van der Waals surface area (Å²) >= 11 is 0. The zero-order valence-electron chi connectivity index (χ0n) is 20.6. The van der Waals surface area contributed by atoms with Gasteiger partial charge in [0.15, 0.2) is 0 Å². The highest BCUT2D eigenvalue weighted by atomic mass is 16.7. The maximum atomic E-state index is 12.7. The molecule has 0 radical (unpaired) electrons. The number of ether oxygens (including phenoxy) is 1. The number of benzene rings is 1. The van der Waals surface area contributed by atoms with E-state index in [1.54, 1.807) is 20.8 Å². The number of amides is 2. The van der Waals surface area contributed by atoms with Gasteiger partial charge in [0.25, 0.3) is 0 Å². The van der Waals surface area contributed by atoms with Crippen LogP contribution in [0.3, 0.4) is 0 Å². The number of rotatable bonds is 6. The summed E-state index contributed by atoms with van der Waals surface area (Å²) < 4.78 is 18.3. The van der Waals surface area contributed by atoms with E-state index in [1.165, 1.54) is 6.42 Å². The Kier molecular flexibility index (Phi) is 6.29. The SMILES string of the molecule is CC(C)(C)OC(=O)NCC(=O)N[C@@H](Cc1ccccc1)B1OC2C[C@@H]3C[C@@H](C3(C)C)[C@]2(C)O1. The van der Waals surface area contributed by atoms with Gasteiger partial charge in [0.1, 0.15) is 5.60 Å². The molecule has 1 saturated heterocycles. The second kappa shape index (κ2) is 8.62. The van der Waals surface area contributed by atoms with E-state index in [2.05, 4.69) is 31.4 Å². The van der Waals surface area contributed by atoms with Crippen molar-refractivity contribution in [3.63, 3.8) is 0 Å². The van der Waals surface area contributed by atoms with Gasteiger partial charge in [0.2, 0.25) is 5.91 Å². The van der Waals surface area contributed by atoms with Gasteiger partial charge in [-0.05, 0) is 69.8 Å². The molecule has 5 rings (SSSR count). The van der Waals surface area contributed by atoms with Crippen LogP contribution in [-0.2, 0) is 25.3 Å². The Morgan fingerprint density at radius 1 is 1.18 bits per heavy atom. The van der Waals surface area contributed by atoms with Crippen LogP contribution in [-0.4, -0.2) is 48.9 Å². The number of carbonyl (C=O) groups excluding carboxylic acids is 2. The molecule has 4 fully saturated rings. The molecule has 180 valence electrons. The largest absolute Gasteiger partial charge is 0.482 e. The summed E-state index contributed by atoms with van der Waals surface area (Å²) in [6.07, 6.45) is 2.15. The molecule has 7 nitrogen and oxygen atoms in total. The highest BCUT2D eigenvalue weighted by Crippen LogP contribution is 2.65. The molecule has 33 heavy (non-hydrogen) atoms. The van der Waals surface area contributed by atoms with E-state index in [-0.39, 0.29) is 35.5 Å². The Bertz CT molecular complexity index is 887. The van der Waals surface area contributed by atoms with E-state index < -0.39 is 18.8 Å². The lowest BCUT2D eigenvalue weighted by atomic mass is 9.43. The van der Waals surface area contributed by atoms with Gasteiger partial charge in [-0.3, -0.25) is 4.79 Å². The normalized spacial score (nSPS) is 30.6. The standard InChI is InChI=1S/C25H37BN2O5/c1-23(2,3)31-22(30)27-15-21(29)28-20(12-16-10-8-7-9-11-16)26-32-19-14-17-13-18(24(17,4)5)25(19,6)33-26/h7-11,17-20H,12-15H2,1-6H3,(H,27,30)(H,28,29)/t17-,18-,19?,20-,25-/m0/s1. The molecule has 2 bridgehead atoms. The molecule has 8 heteroatoms. The smallest absolute Gasteiger partial charge is 0.444 e. The van der Waals surface area contributed by atoms with Crippen LogP contribution in [0.25, 0.3) is 0 Å². The van der Waals surface area contributed by atoms with Crippen LogP contribution < -0.4 is 10.6 Å². The van der Waals surface area contributed by atoms with E-state index in [9.17, 15) is 9.59 Å². The second-order valence-corrected chi connectivity index (χ2v) is 11.6. The highest BCUT2D eigenvalue weighted by molar-refractivity contribution is 6.48. The Hall–Kier alpha value is -2.06. The third kappa shape index (κ3) is 4.92. The quantitative estimate of drug-likeness (QED) is 0.640. The lowest BCUT2D eigenvalue weighted by molar-refractivity contribution is -0.199. The summed E-state index contributed by atoms with van der Waals surface area (Å²) in [6.45, 7) is 12.0. The van der Waals surface area contributed by atoms with Crippen LogP contribution in [0.1, 0.15) is 59.9 Å². The predicted octanol–water partition coefficient (Wildman–Crippen LogP) is 3.51. The third-order valence-corrected chi connectivity index (χ3v) is 7.73. The topological polar surface area (TPSA) is 85.9 Å². The first-order valence-corrected chi connectivity index (χ1v) is 12.0. The number of alkyl carbamates (subject to hydrolysis) is 1. The average Bonchev–Trinajstić information content (AvgIpc) is 3.08. The summed E-state index contributed by atoms with van der Waals surface area (Å²) in [7, 11) is -0.541. The summed E-state index contributed by atoms with van der Waals surface area (Å²) in [6, 6.07) is 9.99. The van der Waals surface area contributed by atoms with Crippen molar-refractivity contribution in [3.05, 3.63) is 35.9 Å². The van der Waals surface area contributed by atoms with E-state index in [4.69, 9.17) is 14.0 Å². The number of nitrogens with one attached hydrogen (secondary N) is 2. The number of hydrogen-bond acceptors (Lipinski definition) is 5. The Labute approximate surface area is 197 Å². The minimum atomic E-state index is -0.623. The average molecular weight is 456 g/mol. The molecule has 4 aliphatic rings. The molecule has 1 aromatic rings. The first-order valence-electron chi connectivity index (χ1n) is 12.0. The lowest BCUT2D eigenvalue weighted by Crippen LogP contribution is -2.65. The molecular formula is C25H37BN2O5. The fourth-order valence-corrected chi connectivity index (χ4v) is 5.88. The van der Waals surface area contributed by atoms with Crippen LogP contribution in [0, 0.1) is 17.3 Å². The summed E-state index contributed by atoms with van der Waals surface area (Å²) in [4.78, 5) is 24.7. The molecule has 0 spiro atoms. The second-order valence-electron chi connectivity index (χ2n) is 11.6. The van der Waals surface area contributed by atoms with Crippen molar-refractivity contribution in [3.8, 4) is 0 Å². The molecule has 1 unspecified atom stereocenters. The van der Waals surface area contributed by atoms with Crippen LogP contribution in [0.5, 0.6) is 0 Å². The molecule has 1 aliphatic heterocycles. The maximum absolute atomic E-state index is 12.7. The van der Waals surface area contributed by atoms with Crippen molar-refractivity contribution in [2.24, 2.45) is 17.3 Å². The van der Waals surface area contributed by atoms with Gasteiger partial charge in [-0.15, -0.1) is 0 Å². The van der Waals surface area contributed by atoms with Crippen LogP contribution in [0.2, 0.25) is 0 Å². The molecule has 1 heterocycles. The van der Waals surface area contributed by atoms with Gasteiger partial charge in [-0.1, -0.05) is 44.2 Å². The summed E-state index contributed by atoms with van der Waals surface area (Å²) in [5.41, 5.74) is 0.359. The van der Waals surface area contributed by atoms with Crippen molar-refractivity contribution >= 4 is 19.1 Å². The fraction of sp³-hybridized carbons (Fsp3) is 0.680. The minimum absolute atomic E-state index is 0.0364. The zero-order valence-corrected chi connectivity index (χ0v) is 20.6. The van der Waals surface area contributed by atoms with Gasteiger partial charge >= 0.3 is 13.2 Å². The van der Waals surface area contributed by atoms with Crippen molar-refractivity contribution in [2.75, 3.05) is 6.54 Å². The van der Waals surface area contributed by atoms with E-state index in [0.29, 0.717) is 18.3 Å². The van der Waals surface area contributed by atoms with Gasteiger partial charge < -0.3 is 24.7 Å². The maximum Gasteiger partial charge on any atom is 0.482 e. The van der Waals surface area contributed by atoms with E-state index >= 15 is 0 Å². The summed E-state index contributed by atoms with van der Waals surface area (Å²) in [5, 5.41) is 5.57. The zero-order chi connectivity index (χ0) is 24.0. The predicted molar refractivity (Wildman–Crippen MR) is 126 cm³/mol. The van der Waals surface area contributed by atoms with Crippen LogP contribution in [0.4, 0.5) is 4.79 Å². The van der Waals surface area contributed by atoms with Gasteiger partial charge in [0.05, 0.1) is 24.2 Å². The molecule has 3 saturated carbocycles. The molecule has 2 amide bonds. The first-order chi connectivity index (χ1) is 15.4. The monoisotopic (exact) mass is 456 g/mol. The lowest BCUT2D eigenvalue weighted by Gasteiger charge is -2.64. The van der Waals surface area contributed by atoms with Gasteiger partial charge in [-0.2, -0.15) is 0 Å². The number of hydrogen-bond donors (Lipinski definition) is 2.